The van der Waals surface area contributed by atoms with Crippen LogP contribution in [0.3, 0.4) is 0 Å². The predicted octanol–water partition coefficient (Wildman–Crippen LogP) is 0.619. The lowest BCUT2D eigenvalue weighted by molar-refractivity contribution is -0.123. The first-order valence-electron chi connectivity index (χ1n) is 9.59. The van der Waals surface area contributed by atoms with Gasteiger partial charge in [0.2, 0.25) is 5.91 Å². The van der Waals surface area contributed by atoms with Crippen LogP contribution >= 0.6 is 0 Å². The van der Waals surface area contributed by atoms with E-state index in [1.165, 1.54) is 0 Å². The van der Waals surface area contributed by atoms with E-state index >= 15 is 0 Å². The molecule has 2 atom stereocenters. The van der Waals surface area contributed by atoms with E-state index in [9.17, 15) is 9.59 Å². The summed E-state index contributed by atoms with van der Waals surface area (Å²) >= 11 is 0. The second-order valence-electron chi connectivity index (χ2n) is 7.54. The highest BCUT2D eigenvalue weighted by atomic mass is 16.2. The standard InChI is InChI=1S/C18H27N5O2/c24-17(15-7-2-8-19-15)20-10-12-4-3-9-23(11-12)18(25)16-13-5-1-6-14(13)21-22-16/h12,15,19H,1-11H2,(H,20,24)(H,21,22). The zero-order chi connectivity index (χ0) is 17.2. The molecule has 7 nitrogen and oxygen atoms in total. The van der Waals surface area contributed by atoms with Crippen LogP contribution in [-0.4, -0.2) is 59.1 Å². The van der Waals surface area contributed by atoms with Gasteiger partial charge in [0.15, 0.2) is 5.69 Å². The van der Waals surface area contributed by atoms with E-state index in [-0.39, 0.29) is 17.9 Å². The van der Waals surface area contributed by atoms with E-state index in [2.05, 4.69) is 20.8 Å². The van der Waals surface area contributed by atoms with Gasteiger partial charge in [-0.3, -0.25) is 14.7 Å². The Morgan fingerprint density at radius 3 is 2.96 bits per heavy atom. The topological polar surface area (TPSA) is 90.1 Å². The monoisotopic (exact) mass is 345 g/mol. The first kappa shape index (κ1) is 16.6. The number of carbonyl (C=O) groups is 2. The zero-order valence-electron chi connectivity index (χ0n) is 14.6. The van der Waals surface area contributed by atoms with Crippen molar-refractivity contribution in [3.05, 3.63) is 17.0 Å². The number of carbonyl (C=O) groups excluding carboxylic acids is 2. The lowest BCUT2D eigenvalue weighted by Crippen LogP contribution is -2.46. The van der Waals surface area contributed by atoms with Crippen molar-refractivity contribution in [2.24, 2.45) is 5.92 Å². The summed E-state index contributed by atoms with van der Waals surface area (Å²) in [4.78, 5) is 26.9. The molecule has 3 N–H and O–H groups in total. The summed E-state index contributed by atoms with van der Waals surface area (Å²) in [6, 6.07) is -0.0343. The van der Waals surface area contributed by atoms with Crippen molar-refractivity contribution in [3.8, 4) is 0 Å². The summed E-state index contributed by atoms with van der Waals surface area (Å²) in [6.45, 7) is 3.07. The maximum atomic E-state index is 12.9. The Hall–Kier alpha value is -1.89. The minimum Gasteiger partial charge on any atom is -0.354 e. The van der Waals surface area contributed by atoms with Crippen molar-refractivity contribution in [2.75, 3.05) is 26.2 Å². The van der Waals surface area contributed by atoms with Gasteiger partial charge in [0.05, 0.1) is 6.04 Å². The highest BCUT2D eigenvalue weighted by Gasteiger charge is 2.30. The Labute approximate surface area is 147 Å². The Kier molecular flexibility index (Phi) is 4.74. The molecule has 1 aliphatic carbocycles. The van der Waals surface area contributed by atoms with Crippen molar-refractivity contribution in [2.45, 2.75) is 51.0 Å². The lowest BCUT2D eigenvalue weighted by atomic mass is 9.97. The molecule has 1 aromatic heterocycles. The van der Waals surface area contributed by atoms with Gasteiger partial charge in [-0.05, 0) is 57.4 Å². The van der Waals surface area contributed by atoms with Crippen LogP contribution < -0.4 is 10.6 Å². The van der Waals surface area contributed by atoms with Gasteiger partial charge in [-0.1, -0.05) is 0 Å². The minimum absolute atomic E-state index is 0.0343. The zero-order valence-corrected chi connectivity index (χ0v) is 14.6. The minimum atomic E-state index is -0.0343. The number of fused-ring (bicyclic) bond motifs is 1. The van der Waals surface area contributed by atoms with Gasteiger partial charge in [0.25, 0.3) is 5.91 Å². The van der Waals surface area contributed by atoms with Crippen molar-refractivity contribution in [3.63, 3.8) is 0 Å². The molecule has 2 amide bonds. The molecule has 2 fully saturated rings. The third kappa shape index (κ3) is 3.42. The van der Waals surface area contributed by atoms with Gasteiger partial charge in [-0.25, -0.2) is 0 Å². The summed E-state index contributed by atoms with van der Waals surface area (Å²) < 4.78 is 0. The van der Waals surface area contributed by atoms with E-state index in [1.54, 1.807) is 0 Å². The highest BCUT2D eigenvalue weighted by Crippen LogP contribution is 2.25. The number of H-pyrrole nitrogens is 1. The summed E-state index contributed by atoms with van der Waals surface area (Å²) in [5.74, 6) is 0.481. The molecule has 136 valence electrons. The lowest BCUT2D eigenvalue weighted by Gasteiger charge is -2.32. The molecule has 0 radical (unpaired) electrons. The molecule has 0 spiro atoms. The SMILES string of the molecule is O=C(NCC1CCCN(C(=O)c2n[nH]c3c2CCC3)C1)C1CCCN1. The number of nitrogens with one attached hydrogen (secondary N) is 3. The molecule has 1 aromatic rings. The number of hydrogen-bond acceptors (Lipinski definition) is 4. The number of amides is 2. The Bertz CT molecular complexity index is 650. The molecule has 25 heavy (non-hydrogen) atoms. The van der Waals surface area contributed by atoms with E-state index in [0.717, 1.165) is 69.3 Å². The van der Waals surface area contributed by atoms with Crippen LogP contribution in [0.1, 0.15) is 53.8 Å². The molecule has 2 aliphatic heterocycles. The molecular formula is C18H27N5O2. The fraction of sp³-hybridized carbons (Fsp3) is 0.722. The maximum Gasteiger partial charge on any atom is 0.274 e. The number of aryl methyl sites for hydroxylation is 1. The number of rotatable bonds is 4. The number of piperidine rings is 1. The summed E-state index contributed by atoms with van der Waals surface area (Å²) in [5.41, 5.74) is 2.87. The fourth-order valence-corrected chi connectivity index (χ4v) is 4.34. The molecular weight excluding hydrogens is 318 g/mol. The first-order valence-corrected chi connectivity index (χ1v) is 9.59. The van der Waals surface area contributed by atoms with Crippen molar-refractivity contribution in [1.29, 1.82) is 0 Å². The second-order valence-corrected chi connectivity index (χ2v) is 7.54. The van der Waals surface area contributed by atoms with E-state index < -0.39 is 0 Å². The molecule has 0 bridgehead atoms. The Balaban J connectivity index is 1.32. The summed E-state index contributed by atoms with van der Waals surface area (Å²) in [6.07, 6.45) is 7.09. The van der Waals surface area contributed by atoms with Crippen molar-refractivity contribution >= 4 is 11.8 Å². The van der Waals surface area contributed by atoms with Gasteiger partial charge in [-0.2, -0.15) is 5.10 Å². The van der Waals surface area contributed by atoms with Crippen molar-refractivity contribution in [1.82, 2.24) is 25.7 Å². The van der Waals surface area contributed by atoms with E-state index in [0.29, 0.717) is 24.7 Å². The van der Waals surface area contributed by atoms with E-state index in [1.807, 2.05) is 4.90 Å². The van der Waals surface area contributed by atoms with Gasteiger partial charge >= 0.3 is 0 Å². The van der Waals surface area contributed by atoms with Crippen LogP contribution in [0.5, 0.6) is 0 Å². The molecule has 3 heterocycles. The van der Waals surface area contributed by atoms with Crippen LogP contribution in [0.15, 0.2) is 0 Å². The highest BCUT2D eigenvalue weighted by molar-refractivity contribution is 5.94. The van der Waals surface area contributed by atoms with Crippen LogP contribution in [0.25, 0.3) is 0 Å². The third-order valence-corrected chi connectivity index (χ3v) is 5.76. The van der Waals surface area contributed by atoms with Gasteiger partial charge < -0.3 is 15.5 Å². The summed E-state index contributed by atoms with van der Waals surface area (Å²) in [5, 5.41) is 13.6. The van der Waals surface area contributed by atoms with Crippen LogP contribution in [-0.2, 0) is 17.6 Å². The average molecular weight is 345 g/mol. The molecule has 2 unspecified atom stereocenters. The predicted molar refractivity (Wildman–Crippen MR) is 93.3 cm³/mol. The summed E-state index contributed by atoms with van der Waals surface area (Å²) in [7, 11) is 0. The molecule has 3 aliphatic rings. The molecule has 4 rings (SSSR count). The molecule has 2 saturated heterocycles. The third-order valence-electron chi connectivity index (χ3n) is 5.76. The second kappa shape index (κ2) is 7.15. The molecule has 7 heteroatoms. The number of likely N-dealkylation sites (tertiary alicyclic amines) is 1. The largest absolute Gasteiger partial charge is 0.354 e. The van der Waals surface area contributed by atoms with Crippen molar-refractivity contribution < 1.29 is 9.59 Å². The van der Waals surface area contributed by atoms with Gasteiger partial charge in [0, 0.05) is 30.9 Å². The smallest absolute Gasteiger partial charge is 0.274 e. The molecule has 0 saturated carbocycles. The first-order chi connectivity index (χ1) is 12.2. The van der Waals surface area contributed by atoms with Gasteiger partial charge in [0.1, 0.15) is 0 Å². The molecule has 0 aromatic carbocycles. The Morgan fingerprint density at radius 1 is 1.20 bits per heavy atom. The van der Waals surface area contributed by atoms with Gasteiger partial charge in [-0.15, -0.1) is 0 Å². The number of aromatic nitrogens is 2. The number of hydrogen-bond donors (Lipinski definition) is 3. The quantitative estimate of drug-likeness (QED) is 0.746. The van der Waals surface area contributed by atoms with Crippen LogP contribution in [0, 0.1) is 5.92 Å². The maximum absolute atomic E-state index is 12.9. The van der Waals surface area contributed by atoms with Crippen LogP contribution in [0.2, 0.25) is 0 Å². The number of aromatic amines is 1. The van der Waals surface area contributed by atoms with E-state index in [4.69, 9.17) is 0 Å². The fourth-order valence-electron chi connectivity index (χ4n) is 4.34. The normalized spacial score (nSPS) is 25.8. The average Bonchev–Trinajstić information content (AvgIpc) is 3.36. The Morgan fingerprint density at radius 2 is 2.12 bits per heavy atom. The van der Waals surface area contributed by atoms with Crippen LogP contribution in [0.4, 0.5) is 0 Å². The number of nitrogens with zero attached hydrogens (tertiary/aromatic N) is 2.